The van der Waals surface area contributed by atoms with Crippen molar-refractivity contribution in [1.29, 1.82) is 5.26 Å². The molecule has 0 radical (unpaired) electrons. The van der Waals surface area contributed by atoms with E-state index < -0.39 is 0 Å². The fourth-order valence-corrected chi connectivity index (χ4v) is 3.73. The lowest BCUT2D eigenvalue weighted by Crippen LogP contribution is -2.28. The number of amides is 1. The minimum atomic E-state index is -0.376. The zero-order valence-corrected chi connectivity index (χ0v) is 18.9. The number of nitriles is 1. The van der Waals surface area contributed by atoms with Crippen LogP contribution in [0, 0.1) is 17.2 Å². The van der Waals surface area contributed by atoms with E-state index in [1.165, 1.54) is 6.33 Å². The molecule has 0 aliphatic heterocycles. The van der Waals surface area contributed by atoms with Crippen LogP contribution in [0.5, 0.6) is 11.5 Å². The standard InChI is InChI=1S/C26H23N7O2/c27-15-19(14-17-6-7-17)26(34)29-12-13-33-25-22(24(28)30-16-31-25)23(32-33)18-8-10-21(11-9-18)35-20-4-2-1-3-5-20/h1-5,8-11,14,16-17H,6-7,12-13H2,(H,29,34)(H2,28,30,31)/b19-14-. The number of carbonyl (C=O) groups excluding carboxylic acids is 1. The van der Waals surface area contributed by atoms with E-state index in [0.717, 1.165) is 24.2 Å². The lowest BCUT2D eigenvalue weighted by Gasteiger charge is -2.06. The number of nitrogens with two attached hydrogens (primary N) is 1. The second-order valence-electron chi connectivity index (χ2n) is 8.25. The Morgan fingerprint density at radius 2 is 1.89 bits per heavy atom. The quantitative estimate of drug-likeness (QED) is 0.298. The van der Waals surface area contributed by atoms with Crippen LogP contribution in [0.15, 0.2) is 72.6 Å². The smallest absolute Gasteiger partial charge is 0.261 e. The molecule has 2 heterocycles. The predicted octanol–water partition coefficient (Wildman–Crippen LogP) is 3.84. The number of para-hydroxylation sites is 1. The molecule has 5 rings (SSSR count). The van der Waals surface area contributed by atoms with Crippen molar-refractivity contribution in [3.8, 4) is 28.8 Å². The highest BCUT2D eigenvalue weighted by Gasteiger charge is 2.22. The molecule has 2 aromatic carbocycles. The van der Waals surface area contributed by atoms with Crippen LogP contribution < -0.4 is 15.8 Å². The van der Waals surface area contributed by atoms with Gasteiger partial charge < -0.3 is 15.8 Å². The van der Waals surface area contributed by atoms with Crippen molar-refractivity contribution in [2.45, 2.75) is 19.4 Å². The Kier molecular flexibility index (Phi) is 6.09. The molecule has 0 bridgehead atoms. The summed E-state index contributed by atoms with van der Waals surface area (Å²) in [6, 6.07) is 19.1. The van der Waals surface area contributed by atoms with E-state index in [2.05, 4.69) is 15.3 Å². The first-order chi connectivity index (χ1) is 17.1. The molecule has 2 aromatic heterocycles. The number of hydrogen-bond acceptors (Lipinski definition) is 7. The van der Waals surface area contributed by atoms with E-state index >= 15 is 0 Å². The van der Waals surface area contributed by atoms with Gasteiger partial charge in [-0.25, -0.2) is 14.6 Å². The predicted molar refractivity (Wildman–Crippen MR) is 131 cm³/mol. The topological polar surface area (TPSA) is 132 Å². The average molecular weight is 466 g/mol. The number of aromatic nitrogens is 4. The number of ether oxygens (including phenoxy) is 1. The number of nitrogens with one attached hydrogen (secondary N) is 1. The molecule has 1 fully saturated rings. The Hall–Kier alpha value is -4.71. The van der Waals surface area contributed by atoms with Gasteiger partial charge in [-0.3, -0.25) is 4.79 Å². The van der Waals surface area contributed by atoms with Gasteiger partial charge in [-0.2, -0.15) is 10.4 Å². The minimum absolute atomic E-state index is 0.155. The molecule has 3 N–H and O–H groups in total. The van der Waals surface area contributed by atoms with Crippen molar-refractivity contribution in [2.75, 3.05) is 12.3 Å². The van der Waals surface area contributed by atoms with Gasteiger partial charge in [0, 0.05) is 12.1 Å². The summed E-state index contributed by atoms with van der Waals surface area (Å²) in [4.78, 5) is 20.8. The molecule has 0 saturated heterocycles. The highest BCUT2D eigenvalue weighted by Crippen LogP contribution is 2.32. The maximum Gasteiger partial charge on any atom is 0.261 e. The van der Waals surface area contributed by atoms with Gasteiger partial charge in [0.25, 0.3) is 5.91 Å². The van der Waals surface area contributed by atoms with Gasteiger partial charge in [-0.15, -0.1) is 0 Å². The number of fused-ring (bicyclic) bond motifs is 1. The number of rotatable bonds is 8. The first kappa shape index (κ1) is 22.1. The van der Waals surface area contributed by atoms with Gasteiger partial charge in [-0.05, 0) is 55.2 Å². The van der Waals surface area contributed by atoms with Crippen LogP contribution in [0.3, 0.4) is 0 Å². The van der Waals surface area contributed by atoms with Gasteiger partial charge in [0.2, 0.25) is 0 Å². The summed E-state index contributed by atoms with van der Waals surface area (Å²) in [6.45, 7) is 0.641. The van der Waals surface area contributed by atoms with Gasteiger partial charge in [0.15, 0.2) is 5.65 Å². The molecule has 9 nitrogen and oxygen atoms in total. The summed E-state index contributed by atoms with van der Waals surface area (Å²) >= 11 is 0. The van der Waals surface area contributed by atoms with Gasteiger partial charge in [0.1, 0.15) is 41.0 Å². The van der Waals surface area contributed by atoms with Gasteiger partial charge in [-0.1, -0.05) is 24.3 Å². The molecule has 4 aromatic rings. The number of benzene rings is 2. The number of allylic oxidation sites excluding steroid dienone is 1. The summed E-state index contributed by atoms with van der Waals surface area (Å²) in [5.74, 6) is 1.74. The zero-order chi connectivity index (χ0) is 24.2. The van der Waals surface area contributed by atoms with Gasteiger partial charge in [0.05, 0.1) is 11.9 Å². The SMILES string of the molecule is N#C/C(=C/C1CC1)C(=O)NCCn1nc(-c2ccc(Oc3ccccc3)cc2)c2c(N)ncnc21. The zero-order valence-electron chi connectivity index (χ0n) is 18.9. The minimum Gasteiger partial charge on any atom is -0.457 e. The van der Waals surface area contributed by atoms with Crippen LogP contribution in [0.4, 0.5) is 5.82 Å². The Bertz CT molecular complexity index is 1430. The van der Waals surface area contributed by atoms with E-state index in [1.807, 2.05) is 60.7 Å². The molecular weight excluding hydrogens is 442 g/mol. The Morgan fingerprint density at radius 1 is 1.14 bits per heavy atom. The van der Waals surface area contributed by atoms with E-state index in [4.69, 9.17) is 15.6 Å². The van der Waals surface area contributed by atoms with Crippen LogP contribution in [0.1, 0.15) is 12.8 Å². The van der Waals surface area contributed by atoms with E-state index in [9.17, 15) is 10.1 Å². The maximum atomic E-state index is 12.3. The van der Waals surface area contributed by atoms with Crippen LogP contribution >= 0.6 is 0 Å². The highest BCUT2D eigenvalue weighted by molar-refractivity contribution is 5.98. The van der Waals surface area contributed by atoms with E-state index in [-0.39, 0.29) is 18.0 Å². The van der Waals surface area contributed by atoms with Crippen molar-refractivity contribution >= 4 is 22.8 Å². The molecule has 1 amide bonds. The Morgan fingerprint density at radius 3 is 2.60 bits per heavy atom. The Labute approximate surface area is 201 Å². The van der Waals surface area contributed by atoms with Crippen molar-refractivity contribution in [2.24, 2.45) is 5.92 Å². The largest absolute Gasteiger partial charge is 0.457 e. The van der Waals surface area contributed by atoms with Crippen LogP contribution in [-0.4, -0.2) is 32.2 Å². The first-order valence-corrected chi connectivity index (χ1v) is 11.3. The number of hydrogen-bond donors (Lipinski definition) is 2. The lowest BCUT2D eigenvalue weighted by atomic mass is 10.1. The van der Waals surface area contributed by atoms with Crippen LogP contribution in [0.25, 0.3) is 22.3 Å². The summed E-state index contributed by atoms with van der Waals surface area (Å²) in [7, 11) is 0. The molecule has 35 heavy (non-hydrogen) atoms. The molecule has 1 saturated carbocycles. The van der Waals surface area contributed by atoms with Crippen molar-refractivity contribution in [3.05, 3.63) is 72.6 Å². The molecular formula is C26H23N7O2. The monoisotopic (exact) mass is 465 g/mol. The Balaban J connectivity index is 1.35. The molecule has 9 heteroatoms. The second-order valence-corrected chi connectivity index (χ2v) is 8.25. The third-order valence-electron chi connectivity index (χ3n) is 5.66. The number of nitrogen functional groups attached to an aromatic ring is 1. The van der Waals surface area contributed by atoms with E-state index in [0.29, 0.717) is 40.8 Å². The third kappa shape index (κ3) is 4.96. The summed E-state index contributed by atoms with van der Waals surface area (Å²) < 4.78 is 7.56. The molecule has 174 valence electrons. The number of nitrogens with zero attached hydrogens (tertiary/aromatic N) is 5. The molecule has 0 unspecified atom stereocenters. The second kappa shape index (κ2) is 9.65. The fraction of sp³-hybridized carbons (Fsp3) is 0.192. The normalized spacial score (nSPS) is 13.4. The summed E-state index contributed by atoms with van der Waals surface area (Å²) in [5.41, 5.74) is 8.38. The molecule has 0 spiro atoms. The molecule has 0 atom stereocenters. The number of anilines is 1. The van der Waals surface area contributed by atoms with Crippen molar-refractivity contribution in [3.63, 3.8) is 0 Å². The summed E-state index contributed by atoms with van der Waals surface area (Å²) in [6.07, 6.45) is 5.19. The lowest BCUT2D eigenvalue weighted by molar-refractivity contribution is -0.117. The van der Waals surface area contributed by atoms with Crippen LogP contribution in [-0.2, 0) is 11.3 Å². The van der Waals surface area contributed by atoms with E-state index in [1.54, 1.807) is 10.8 Å². The van der Waals surface area contributed by atoms with Crippen molar-refractivity contribution in [1.82, 2.24) is 25.1 Å². The third-order valence-corrected chi connectivity index (χ3v) is 5.66. The molecule has 1 aliphatic rings. The maximum absolute atomic E-state index is 12.3. The first-order valence-electron chi connectivity index (χ1n) is 11.3. The number of carbonyl (C=O) groups is 1. The van der Waals surface area contributed by atoms with Crippen molar-refractivity contribution < 1.29 is 9.53 Å². The van der Waals surface area contributed by atoms with Gasteiger partial charge >= 0.3 is 0 Å². The fourth-order valence-electron chi connectivity index (χ4n) is 3.73. The molecule has 1 aliphatic carbocycles. The summed E-state index contributed by atoms with van der Waals surface area (Å²) in [5, 5.41) is 17.4. The average Bonchev–Trinajstić information content (AvgIpc) is 3.63. The highest BCUT2D eigenvalue weighted by atomic mass is 16.5. The van der Waals surface area contributed by atoms with Crippen LogP contribution in [0.2, 0.25) is 0 Å².